The Labute approximate surface area is 438 Å². The predicted octanol–water partition coefficient (Wildman–Crippen LogP) is 19.9. The van der Waals surface area contributed by atoms with Crippen LogP contribution in [-0.2, 0) is 28.6 Å². The molecule has 0 saturated carbocycles. The van der Waals surface area contributed by atoms with Gasteiger partial charge in [-0.05, 0) is 103 Å². The fourth-order valence-corrected chi connectivity index (χ4v) is 7.85. The Morgan fingerprint density at radius 3 is 0.915 bits per heavy atom. The lowest BCUT2D eigenvalue weighted by molar-refractivity contribution is -0.167. The van der Waals surface area contributed by atoms with Crippen molar-refractivity contribution in [3.8, 4) is 0 Å². The maximum absolute atomic E-state index is 12.8. The van der Waals surface area contributed by atoms with Crippen LogP contribution in [0.5, 0.6) is 0 Å². The highest BCUT2D eigenvalue weighted by atomic mass is 16.6. The zero-order chi connectivity index (χ0) is 51.4. The van der Waals surface area contributed by atoms with Gasteiger partial charge < -0.3 is 14.2 Å². The Hall–Kier alpha value is -3.93. The van der Waals surface area contributed by atoms with E-state index in [-0.39, 0.29) is 31.1 Å². The van der Waals surface area contributed by atoms with Gasteiger partial charge in [0.1, 0.15) is 13.2 Å². The molecule has 0 aromatic heterocycles. The molecule has 1 atom stereocenters. The van der Waals surface area contributed by atoms with Crippen molar-refractivity contribution >= 4 is 17.9 Å². The Kier molecular flexibility index (Phi) is 55.4. The van der Waals surface area contributed by atoms with Gasteiger partial charge in [0.25, 0.3) is 0 Å². The van der Waals surface area contributed by atoms with Gasteiger partial charge in [-0.15, -0.1) is 0 Å². The molecule has 71 heavy (non-hydrogen) atoms. The molecule has 404 valence electrons. The van der Waals surface area contributed by atoms with Crippen molar-refractivity contribution in [1.82, 2.24) is 0 Å². The van der Waals surface area contributed by atoms with E-state index in [1.165, 1.54) is 96.3 Å². The topological polar surface area (TPSA) is 78.9 Å². The normalized spacial score (nSPS) is 12.9. The number of allylic oxidation sites excluding steroid dienone is 18. The fourth-order valence-electron chi connectivity index (χ4n) is 7.85. The molecule has 0 N–H and O–H groups in total. The van der Waals surface area contributed by atoms with Gasteiger partial charge in [0.05, 0.1) is 0 Å². The quantitative estimate of drug-likeness (QED) is 0.0261. The zero-order valence-corrected chi connectivity index (χ0v) is 46.2. The molecule has 1 unspecified atom stereocenters. The van der Waals surface area contributed by atoms with E-state index in [1.807, 2.05) is 0 Å². The number of hydrogen-bond acceptors (Lipinski definition) is 6. The number of carbonyl (C=O) groups is 3. The third kappa shape index (κ3) is 56.9. The molecule has 0 spiro atoms. The second-order valence-corrected chi connectivity index (χ2v) is 19.2. The summed E-state index contributed by atoms with van der Waals surface area (Å²) in [7, 11) is 0. The van der Waals surface area contributed by atoms with E-state index in [4.69, 9.17) is 14.2 Å². The van der Waals surface area contributed by atoms with Crippen LogP contribution in [0.1, 0.15) is 265 Å². The summed E-state index contributed by atoms with van der Waals surface area (Å²) in [5.41, 5.74) is 0. The SMILES string of the molecule is CC/C=C\C/C=C\C/C=C\C/C=C\C/C=C\C/C=C\C/C=C\C/C=C\CCCCCCCCCCC(=O)OCC(COC(=O)CCCCCCCCCCC)OC(=O)CCCCCCC/C=C\CCCC. The summed E-state index contributed by atoms with van der Waals surface area (Å²) in [5, 5.41) is 0. The van der Waals surface area contributed by atoms with E-state index < -0.39 is 6.10 Å². The number of unbranched alkanes of at least 4 members (excludes halogenated alkanes) is 23. The second kappa shape index (κ2) is 58.6. The second-order valence-electron chi connectivity index (χ2n) is 19.2. The van der Waals surface area contributed by atoms with Gasteiger partial charge in [-0.3, -0.25) is 14.4 Å². The fraction of sp³-hybridized carbons (Fsp3) is 0.677. The minimum atomic E-state index is -0.782. The molecule has 6 heteroatoms. The molecule has 0 fully saturated rings. The molecule has 0 aliphatic heterocycles. The standard InChI is InChI=1S/C65H108O6/c1-4-7-10-13-16-19-21-22-23-24-25-26-27-28-29-30-31-32-33-34-35-36-37-38-39-40-41-42-44-46-49-52-55-58-64(67)70-61-62(60-69-63(66)57-54-51-48-45-18-15-12-9-6-3)71-65(68)59-56-53-50-47-43-20-17-14-11-8-5-2/h7,10,14,16-17,19,22-23,25-26,28-29,31-32,34-35,37-38,62H,4-6,8-9,11-13,15,18,20-21,24,27,30,33,36,39-61H2,1-3H3/b10-7-,17-14-,19-16-,23-22-,26-25-,29-28-,32-31-,35-34-,38-37-. The Morgan fingerprint density at radius 1 is 0.296 bits per heavy atom. The van der Waals surface area contributed by atoms with Crippen LogP contribution >= 0.6 is 0 Å². The number of rotatable bonds is 52. The average molecular weight is 986 g/mol. The molecule has 0 radical (unpaired) electrons. The van der Waals surface area contributed by atoms with E-state index in [0.29, 0.717) is 19.3 Å². The van der Waals surface area contributed by atoms with Gasteiger partial charge in [-0.1, -0.05) is 252 Å². The number of ether oxygens (including phenoxy) is 3. The molecule has 0 saturated heterocycles. The highest BCUT2D eigenvalue weighted by Crippen LogP contribution is 2.15. The lowest BCUT2D eigenvalue weighted by Gasteiger charge is -2.18. The van der Waals surface area contributed by atoms with E-state index >= 15 is 0 Å². The molecule has 0 bridgehead atoms. The van der Waals surface area contributed by atoms with Crippen LogP contribution in [-0.4, -0.2) is 37.2 Å². The maximum Gasteiger partial charge on any atom is 0.306 e. The molecular weight excluding hydrogens is 877 g/mol. The number of carbonyl (C=O) groups excluding carboxylic acids is 3. The highest BCUT2D eigenvalue weighted by molar-refractivity contribution is 5.71. The first-order chi connectivity index (χ1) is 35.0. The van der Waals surface area contributed by atoms with Gasteiger partial charge in [0, 0.05) is 19.3 Å². The van der Waals surface area contributed by atoms with Crippen molar-refractivity contribution in [2.24, 2.45) is 0 Å². The van der Waals surface area contributed by atoms with Crippen LogP contribution in [0.3, 0.4) is 0 Å². The van der Waals surface area contributed by atoms with Crippen LogP contribution in [0.25, 0.3) is 0 Å². The van der Waals surface area contributed by atoms with E-state index in [9.17, 15) is 14.4 Å². The van der Waals surface area contributed by atoms with Crippen LogP contribution in [0.2, 0.25) is 0 Å². The van der Waals surface area contributed by atoms with Crippen molar-refractivity contribution < 1.29 is 28.6 Å². The van der Waals surface area contributed by atoms with Gasteiger partial charge in [0.15, 0.2) is 6.10 Å². The summed E-state index contributed by atoms with van der Waals surface area (Å²) in [4.78, 5) is 37.9. The van der Waals surface area contributed by atoms with Gasteiger partial charge in [-0.2, -0.15) is 0 Å². The van der Waals surface area contributed by atoms with Gasteiger partial charge in [-0.25, -0.2) is 0 Å². The molecule has 0 amide bonds. The van der Waals surface area contributed by atoms with Crippen LogP contribution in [0.4, 0.5) is 0 Å². The maximum atomic E-state index is 12.8. The van der Waals surface area contributed by atoms with Crippen molar-refractivity contribution in [1.29, 1.82) is 0 Å². The van der Waals surface area contributed by atoms with Crippen molar-refractivity contribution in [3.63, 3.8) is 0 Å². The van der Waals surface area contributed by atoms with Crippen LogP contribution in [0.15, 0.2) is 109 Å². The molecule has 0 aromatic carbocycles. The van der Waals surface area contributed by atoms with E-state index in [2.05, 4.69) is 130 Å². The van der Waals surface area contributed by atoms with Gasteiger partial charge >= 0.3 is 17.9 Å². The summed E-state index contributed by atoms with van der Waals surface area (Å²) in [5.74, 6) is -0.904. The predicted molar refractivity (Wildman–Crippen MR) is 307 cm³/mol. The first kappa shape index (κ1) is 67.1. The molecule has 0 heterocycles. The Balaban J connectivity index is 4.14. The summed E-state index contributed by atoms with van der Waals surface area (Å²) >= 11 is 0. The lowest BCUT2D eigenvalue weighted by atomic mass is 10.1. The lowest BCUT2D eigenvalue weighted by Crippen LogP contribution is -2.30. The summed E-state index contributed by atoms with van der Waals surface area (Å²) in [6.45, 7) is 6.45. The smallest absolute Gasteiger partial charge is 0.306 e. The average Bonchev–Trinajstić information content (AvgIpc) is 3.37. The zero-order valence-electron chi connectivity index (χ0n) is 46.2. The highest BCUT2D eigenvalue weighted by Gasteiger charge is 2.19. The minimum Gasteiger partial charge on any atom is -0.462 e. The first-order valence-electron chi connectivity index (χ1n) is 29.4. The molecule has 0 aromatic rings. The van der Waals surface area contributed by atoms with Crippen molar-refractivity contribution in [2.75, 3.05) is 13.2 Å². The van der Waals surface area contributed by atoms with E-state index in [0.717, 1.165) is 128 Å². The molecular formula is C65H108O6. The minimum absolute atomic E-state index is 0.0823. The number of esters is 3. The first-order valence-corrected chi connectivity index (χ1v) is 29.4. The summed E-state index contributed by atoms with van der Waals surface area (Å²) in [6.07, 6.45) is 79.6. The summed E-state index contributed by atoms with van der Waals surface area (Å²) < 4.78 is 16.8. The van der Waals surface area contributed by atoms with Crippen LogP contribution < -0.4 is 0 Å². The van der Waals surface area contributed by atoms with Crippen molar-refractivity contribution in [3.05, 3.63) is 109 Å². The van der Waals surface area contributed by atoms with E-state index in [1.54, 1.807) is 0 Å². The third-order valence-electron chi connectivity index (χ3n) is 12.3. The molecule has 6 nitrogen and oxygen atoms in total. The monoisotopic (exact) mass is 985 g/mol. The number of hydrogen-bond donors (Lipinski definition) is 0. The van der Waals surface area contributed by atoms with Crippen LogP contribution in [0, 0.1) is 0 Å². The van der Waals surface area contributed by atoms with Gasteiger partial charge in [0.2, 0.25) is 0 Å². The van der Waals surface area contributed by atoms with Crippen molar-refractivity contribution in [2.45, 2.75) is 271 Å². The Morgan fingerprint density at radius 2 is 0.563 bits per heavy atom. The molecule has 0 aliphatic rings. The molecule has 0 rings (SSSR count). The Bertz CT molecular complexity index is 1460. The summed E-state index contributed by atoms with van der Waals surface area (Å²) in [6, 6.07) is 0. The largest absolute Gasteiger partial charge is 0.462 e. The molecule has 0 aliphatic carbocycles. The third-order valence-corrected chi connectivity index (χ3v) is 12.3.